The number of amides is 1. The molecule has 1 amide bonds. The largest absolute Gasteiger partial charge is 0.350 e. The van der Waals surface area contributed by atoms with Gasteiger partial charge in [-0.05, 0) is 61.9 Å². The molecule has 4 heteroatoms. The fourth-order valence-electron chi connectivity index (χ4n) is 3.15. The van der Waals surface area contributed by atoms with Crippen molar-refractivity contribution in [3.8, 4) is 0 Å². The first kappa shape index (κ1) is 16.5. The highest BCUT2D eigenvalue weighted by Crippen LogP contribution is 2.31. The van der Waals surface area contributed by atoms with Gasteiger partial charge in [0.15, 0.2) is 0 Å². The third kappa shape index (κ3) is 3.86. The number of carbonyl (C=O) groups excluding carboxylic acids is 1. The Morgan fingerprint density at radius 3 is 2.57 bits per heavy atom. The molecular formula is C17H25BrN2O. The van der Waals surface area contributed by atoms with Crippen LogP contribution in [-0.2, 0) is 0 Å². The second-order valence-electron chi connectivity index (χ2n) is 6.35. The maximum Gasteiger partial charge on any atom is 0.252 e. The third-order valence-corrected chi connectivity index (χ3v) is 5.37. The topological polar surface area (TPSA) is 32.3 Å². The Kier molecular flexibility index (Phi) is 5.44. The molecule has 0 spiro atoms. The summed E-state index contributed by atoms with van der Waals surface area (Å²) in [5, 5.41) is 3.15. The fraction of sp³-hybridized carbons (Fsp3) is 0.588. The molecule has 0 unspecified atom stereocenters. The molecule has 1 aromatic carbocycles. The van der Waals surface area contributed by atoms with E-state index in [0.717, 1.165) is 35.0 Å². The molecule has 0 saturated heterocycles. The number of aryl methyl sites for hydroxylation is 1. The van der Waals surface area contributed by atoms with Crippen molar-refractivity contribution in [3.63, 3.8) is 0 Å². The van der Waals surface area contributed by atoms with Gasteiger partial charge in [-0.1, -0.05) is 30.9 Å². The molecule has 0 atom stereocenters. The summed E-state index contributed by atoms with van der Waals surface area (Å²) >= 11 is 3.47. The molecule has 1 aliphatic rings. The molecule has 3 nitrogen and oxygen atoms in total. The fourth-order valence-corrected chi connectivity index (χ4v) is 3.57. The molecule has 21 heavy (non-hydrogen) atoms. The number of rotatable bonds is 4. The van der Waals surface area contributed by atoms with Gasteiger partial charge in [-0.3, -0.25) is 4.79 Å². The van der Waals surface area contributed by atoms with Crippen LogP contribution in [0.4, 0.5) is 0 Å². The van der Waals surface area contributed by atoms with Crippen LogP contribution in [0.3, 0.4) is 0 Å². The molecule has 1 aromatic rings. The van der Waals surface area contributed by atoms with E-state index >= 15 is 0 Å². The van der Waals surface area contributed by atoms with E-state index in [1.807, 2.05) is 25.1 Å². The molecule has 2 rings (SSSR count). The van der Waals surface area contributed by atoms with Gasteiger partial charge in [0.05, 0.1) is 5.56 Å². The number of hydrogen-bond donors (Lipinski definition) is 1. The standard InChI is InChI=1S/C17H25BrN2O/c1-13-7-8-15(18)14(11-13)16(21)19-12-17(20(2)3)9-5-4-6-10-17/h7-8,11H,4-6,9-10,12H2,1-3H3,(H,19,21). The quantitative estimate of drug-likeness (QED) is 0.894. The molecule has 116 valence electrons. The third-order valence-electron chi connectivity index (χ3n) is 4.68. The van der Waals surface area contributed by atoms with E-state index in [0.29, 0.717) is 0 Å². The van der Waals surface area contributed by atoms with E-state index in [1.54, 1.807) is 0 Å². The Morgan fingerprint density at radius 2 is 1.95 bits per heavy atom. The lowest BCUT2D eigenvalue weighted by Crippen LogP contribution is -2.53. The lowest BCUT2D eigenvalue weighted by Gasteiger charge is -2.43. The lowest BCUT2D eigenvalue weighted by molar-refractivity contribution is 0.0799. The zero-order chi connectivity index (χ0) is 15.5. The van der Waals surface area contributed by atoms with Gasteiger partial charge in [-0.25, -0.2) is 0 Å². The van der Waals surface area contributed by atoms with E-state index in [2.05, 4.69) is 40.2 Å². The van der Waals surface area contributed by atoms with Crippen LogP contribution in [0.5, 0.6) is 0 Å². The summed E-state index contributed by atoms with van der Waals surface area (Å²) in [6.07, 6.45) is 6.14. The SMILES string of the molecule is Cc1ccc(Br)c(C(=O)NCC2(N(C)C)CCCCC2)c1. The number of hydrogen-bond acceptors (Lipinski definition) is 2. The molecule has 0 heterocycles. The van der Waals surface area contributed by atoms with Crippen LogP contribution in [0.1, 0.15) is 48.0 Å². The maximum absolute atomic E-state index is 12.5. The van der Waals surface area contributed by atoms with Crippen LogP contribution in [0.15, 0.2) is 22.7 Å². The highest BCUT2D eigenvalue weighted by atomic mass is 79.9. The Morgan fingerprint density at radius 1 is 1.29 bits per heavy atom. The highest BCUT2D eigenvalue weighted by Gasteiger charge is 2.34. The zero-order valence-electron chi connectivity index (χ0n) is 13.2. The van der Waals surface area contributed by atoms with E-state index in [9.17, 15) is 4.79 Å². The molecule has 0 aromatic heterocycles. The number of benzene rings is 1. The Hall–Kier alpha value is -0.870. The van der Waals surface area contributed by atoms with Crippen molar-refractivity contribution in [3.05, 3.63) is 33.8 Å². The van der Waals surface area contributed by atoms with E-state index in [4.69, 9.17) is 0 Å². The summed E-state index contributed by atoms with van der Waals surface area (Å²) in [7, 11) is 4.25. The number of halogens is 1. The van der Waals surface area contributed by atoms with Crippen LogP contribution in [0, 0.1) is 6.92 Å². The van der Waals surface area contributed by atoms with Gasteiger partial charge in [0.2, 0.25) is 0 Å². The molecular weight excluding hydrogens is 328 g/mol. The number of likely N-dealkylation sites (N-methyl/N-ethyl adjacent to an activating group) is 1. The van der Waals surface area contributed by atoms with Crippen LogP contribution < -0.4 is 5.32 Å². The number of nitrogens with zero attached hydrogens (tertiary/aromatic N) is 1. The predicted octanol–water partition coefficient (Wildman–Crippen LogP) is 3.75. The van der Waals surface area contributed by atoms with Crippen LogP contribution in [0.25, 0.3) is 0 Å². The van der Waals surface area contributed by atoms with Gasteiger partial charge in [-0.2, -0.15) is 0 Å². The van der Waals surface area contributed by atoms with Crippen LogP contribution in [0.2, 0.25) is 0 Å². The minimum absolute atomic E-state index is 0.0115. The van der Waals surface area contributed by atoms with Gasteiger partial charge in [-0.15, -0.1) is 0 Å². The summed E-state index contributed by atoms with van der Waals surface area (Å²) in [4.78, 5) is 14.8. The highest BCUT2D eigenvalue weighted by molar-refractivity contribution is 9.10. The van der Waals surface area contributed by atoms with Crippen molar-refractivity contribution in [2.75, 3.05) is 20.6 Å². The van der Waals surface area contributed by atoms with E-state index in [1.165, 1.54) is 19.3 Å². The van der Waals surface area contributed by atoms with Crippen molar-refractivity contribution in [1.82, 2.24) is 10.2 Å². The van der Waals surface area contributed by atoms with Crippen molar-refractivity contribution < 1.29 is 4.79 Å². The van der Waals surface area contributed by atoms with Gasteiger partial charge in [0.1, 0.15) is 0 Å². The van der Waals surface area contributed by atoms with Crippen LogP contribution >= 0.6 is 15.9 Å². The van der Waals surface area contributed by atoms with Gasteiger partial charge in [0.25, 0.3) is 5.91 Å². The molecule has 1 aliphatic carbocycles. The Bertz CT molecular complexity index is 508. The molecule has 1 saturated carbocycles. The summed E-state index contributed by atoms with van der Waals surface area (Å²) in [5.41, 5.74) is 1.94. The first-order chi connectivity index (χ1) is 9.94. The van der Waals surface area contributed by atoms with Crippen LogP contribution in [-0.4, -0.2) is 37.0 Å². The Balaban J connectivity index is 2.07. The molecule has 1 N–H and O–H groups in total. The summed E-state index contributed by atoms with van der Waals surface area (Å²) in [5.74, 6) is 0.0115. The number of carbonyl (C=O) groups is 1. The van der Waals surface area contributed by atoms with Crippen molar-refractivity contribution in [1.29, 1.82) is 0 Å². The average molecular weight is 353 g/mol. The zero-order valence-corrected chi connectivity index (χ0v) is 14.8. The Labute approximate surface area is 136 Å². The molecule has 0 radical (unpaired) electrons. The van der Waals surface area contributed by atoms with Crippen molar-refractivity contribution >= 4 is 21.8 Å². The minimum atomic E-state index is 0.0115. The molecule has 0 bridgehead atoms. The van der Waals surface area contributed by atoms with E-state index < -0.39 is 0 Å². The minimum Gasteiger partial charge on any atom is -0.350 e. The predicted molar refractivity (Wildman–Crippen MR) is 90.7 cm³/mol. The van der Waals surface area contributed by atoms with Crippen molar-refractivity contribution in [2.24, 2.45) is 0 Å². The summed E-state index contributed by atoms with van der Waals surface area (Å²) < 4.78 is 0.855. The second-order valence-corrected chi connectivity index (χ2v) is 7.20. The summed E-state index contributed by atoms with van der Waals surface area (Å²) in [6, 6.07) is 5.87. The summed E-state index contributed by atoms with van der Waals surface area (Å²) in [6.45, 7) is 2.73. The first-order valence-corrected chi connectivity index (χ1v) is 8.46. The normalized spacial score (nSPS) is 17.8. The number of nitrogens with one attached hydrogen (secondary N) is 1. The van der Waals surface area contributed by atoms with Gasteiger partial charge < -0.3 is 10.2 Å². The monoisotopic (exact) mass is 352 g/mol. The first-order valence-electron chi connectivity index (χ1n) is 7.66. The smallest absolute Gasteiger partial charge is 0.252 e. The van der Waals surface area contributed by atoms with Gasteiger partial charge in [0, 0.05) is 16.6 Å². The van der Waals surface area contributed by atoms with Crippen molar-refractivity contribution in [2.45, 2.75) is 44.6 Å². The average Bonchev–Trinajstić information content (AvgIpc) is 2.48. The van der Waals surface area contributed by atoms with Gasteiger partial charge >= 0.3 is 0 Å². The van der Waals surface area contributed by atoms with E-state index in [-0.39, 0.29) is 11.4 Å². The second kappa shape index (κ2) is 6.93. The maximum atomic E-state index is 12.5. The molecule has 1 fully saturated rings. The molecule has 0 aliphatic heterocycles. The lowest BCUT2D eigenvalue weighted by atomic mass is 9.80.